The largest absolute Gasteiger partial charge is 0.383 e. The molecule has 0 aliphatic rings. The minimum Gasteiger partial charge on any atom is -0.383 e. The number of pyridine rings is 1. The Bertz CT molecular complexity index is 1100. The van der Waals surface area contributed by atoms with E-state index in [1.54, 1.807) is 4.68 Å². The number of aromatic nitrogens is 3. The van der Waals surface area contributed by atoms with Gasteiger partial charge >= 0.3 is 0 Å². The van der Waals surface area contributed by atoms with Crippen LogP contribution in [0.2, 0.25) is 0 Å². The summed E-state index contributed by atoms with van der Waals surface area (Å²) >= 11 is 0. The van der Waals surface area contributed by atoms with Crippen LogP contribution in [0.25, 0.3) is 27.5 Å². The summed E-state index contributed by atoms with van der Waals surface area (Å²) in [6, 6.07) is 13.6. The van der Waals surface area contributed by atoms with Gasteiger partial charge in [-0.1, -0.05) is 36.4 Å². The zero-order chi connectivity index (χ0) is 16.1. The van der Waals surface area contributed by atoms with Crippen LogP contribution in [0, 0.1) is 13.8 Å². The van der Waals surface area contributed by atoms with Crippen LogP contribution in [0.1, 0.15) is 11.1 Å². The van der Waals surface area contributed by atoms with E-state index >= 15 is 0 Å². The second-order valence-corrected chi connectivity index (χ2v) is 5.76. The highest BCUT2D eigenvalue weighted by atomic mass is 16.1. The predicted molar refractivity (Wildman–Crippen MR) is 93.1 cm³/mol. The zero-order valence-corrected chi connectivity index (χ0v) is 12.9. The summed E-state index contributed by atoms with van der Waals surface area (Å²) in [7, 11) is 0. The van der Waals surface area contributed by atoms with Crippen LogP contribution < -0.4 is 11.3 Å². The number of aryl methyl sites for hydroxylation is 2. The summed E-state index contributed by atoms with van der Waals surface area (Å²) in [5.41, 5.74) is 10.5. The molecule has 0 amide bonds. The summed E-state index contributed by atoms with van der Waals surface area (Å²) < 4.78 is 1.68. The minimum absolute atomic E-state index is 0.214. The van der Waals surface area contributed by atoms with E-state index in [-0.39, 0.29) is 5.56 Å². The van der Waals surface area contributed by atoms with Gasteiger partial charge < -0.3 is 10.7 Å². The quantitative estimate of drug-likeness (QED) is 0.567. The van der Waals surface area contributed by atoms with E-state index in [2.05, 4.69) is 10.1 Å². The molecule has 2 aromatic carbocycles. The Morgan fingerprint density at radius 3 is 2.48 bits per heavy atom. The molecule has 0 saturated heterocycles. The number of nitrogens with two attached hydrogens (primary N) is 1. The van der Waals surface area contributed by atoms with Crippen LogP contribution in [0.5, 0.6) is 0 Å². The second-order valence-electron chi connectivity index (χ2n) is 5.76. The lowest BCUT2D eigenvalue weighted by Crippen LogP contribution is -2.09. The van der Waals surface area contributed by atoms with E-state index in [0.29, 0.717) is 16.7 Å². The van der Waals surface area contributed by atoms with Crippen molar-refractivity contribution in [1.82, 2.24) is 14.8 Å². The first-order valence-electron chi connectivity index (χ1n) is 7.43. The van der Waals surface area contributed by atoms with Crippen molar-refractivity contribution in [2.45, 2.75) is 13.8 Å². The highest BCUT2D eigenvalue weighted by molar-refractivity contribution is 6.06. The van der Waals surface area contributed by atoms with Gasteiger partial charge in [-0.15, -0.1) is 0 Å². The Morgan fingerprint density at radius 1 is 1.04 bits per heavy atom. The van der Waals surface area contributed by atoms with Crippen molar-refractivity contribution < 1.29 is 0 Å². The van der Waals surface area contributed by atoms with Crippen LogP contribution >= 0.6 is 0 Å². The van der Waals surface area contributed by atoms with E-state index in [0.717, 1.165) is 27.7 Å². The average Bonchev–Trinajstić information content (AvgIpc) is 2.86. The van der Waals surface area contributed by atoms with Gasteiger partial charge in [-0.25, -0.2) is 4.68 Å². The Hall–Kier alpha value is -3.08. The fraction of sp³-hybridized carbons (Fsp3) is 0.111. The molecule has 4 rings (SSSR count). The standard InChI is InChI=1S/C18H16N4O/c1-10-6-5-7-11(2)16(10)22-17(19)14-15(21-22)12-8-3-4-9-13(12)20-18(14)23/h3-9H,19H2,1-2H3,(H,20,23). The lowest BCUT2D eigenvalue weighted by molar-refractivity contribution is 0.891. The fourth-order valence-electron chi connectivity index (χ4n) is 3.14. The van der Waals surface area contributed by atoms with Gasteiger partial charge in [0, 0.05) is 5.39 Å². The summed E-state index contributed by atoms with van der Waals surface area (Å²) in [5.74, 6) is 0.365. The molecule has 2 aromatic heterocycles. The molecule has 3 N–H and O–H groups in total. The molecule has 0 bridgehead atoms. The molecule has 114 valence electrons. The van der Waals surface area contributed by atoms with Gasteiger partial charge in [0.2, 0.25) is 0 Å². The average molecular weight is 304 g/mol. The molecule has 2 heterocycles. The first-order valence-corrected chi connectivity index (χ1v) is 7.43. The van der Waals surface area contributed by atoms with Gasteiger partial charge in [-0.2, -0.15) is 5.10 Å². The molecular weight excluding hydrogens is 288 g/mol. The summed E-state index contributed by atoms with van der Waals surface area (Å²) in [6.07, 6.45) is 0. The SMILES string of the molecule is Cc1cccc(C)c1-n1nc2c(c1N)c(=O)[nH]c1ccccc12. The van der Waals surface area contributed by atoms with Crippen molar-refractivity contribution in [3.63, 3.8) is 0 Å². The van der Waals surface area contributed by atoms with E-state index in [1.165, 1.54) is 0 Å². The minimum atomic E-state index is -0.214. The summed E-state index contributed by atoms with van der Waals surface area (Å²) in [6.45, 7) is 4.02. The van der Waals surface area contributed by atoms with Gasteiger partial charge in [0.05, 0.1) is 11.2 Å². The highest BCUT2D eigenvalue weighted by Gasteiger charge is 2.18. The van der Waals surface area contributed by atoms with Gasteiger partial charge in [0.1, 0.15) is 16.7 Å². The molecule has 0 unspecified atom stereocenters. The molecule has 0 fully saturated rings. The Kier molecular flexibility index (Phi) is 2.78. The first-order chi connectivity index (χ1) is 11.1. The van der Waals surface area contributed by atoms with Crippen molar-refractivity contribution >= 4 is 27.6 Å². The number of anilines is 1. The van der Waals surface area contributed by atoms with E-state index in [9.17, 15) is 4.79 Å². The Morgan fingerprint density at radius 2 is 1.74 bits per heavy atom. The third-order valence-electron chi connectivity index (χ3n) is 4.23. The molecule has 0 spiro atoms. The molecule has 23 heavy (non-hydrogen) atoms. The van der Waals surface area contributed by atoms with E-state index in [1.807, 2.05) is 56.3 Å². The van der Waals surface area contributed by atoms with Crippen LogP contribution in [0.4, 0.5) is 5.82 Å². The van der Waals surface area contributed by atoms with Crippen molar-refractivity contribution in [1.29, 1.82) is 0 Å². The number of fused-ring (bicyclic) bond motifs is 3. The zero-order valence-electron chi connectivity index (χ0n) is 12.9. The third kappa shape index (κ3) is 1.86. The molecule has 0 aliphatic heterocycles. The van der Waals surface area contributed by atoms with E-state index < -0.39 is 0 Å². The number of hydrogen-bond donors (Lipinski definition) is 2. The summed E-state index contributed by atoms with van der Waals surface area (Å²) in [5, 5.41) is 5.99. The Balaban J connectivity index is 2.19. The van der Waals surface area contributed by atoms with Crippen LogP contribution in [-0.2, 0) is 0 Å². The number of H-pyrrole nitrogens is 1. The fourth-order valence-corrected chi connectivity index (χ4v) is 3.14. The molecule has 0 radical (unpaired) electrons. The van der Waals surface area contributed by atoms with Gasteiger partial charge in [0.15, 0.2) is 0 Å². The van der Waals surface area contributed by atoms with Crippen molar-refractivity contribution in [3.8, 4) is 5.69 Å². The topological polar surface area (TPSA) is 76.7 Å². The maximum atomic E-state index is 12.4. The predicted octanol–water partition coefficient (Wildman–Crippen LogP) is 3.07. The molecular formula is C18H16N4O. The monoisotopic (exact) mass is 304 g/mol. The smallest absolute Gasteiger partial charge is 0.261 e. The lowest BCUT2D eigenvalue weighted by atomic mass is 10.1. The van der Waals surface area contributed by atoms with Gasteiger partial charge in [0.25, 0.3) is 5.56 Å². The summed E-state index contributed by atoms with van der Waals surface area (Å²) in [4.78, 5) is 15.3. The second kappa shape index (κ2) is 4.71. The normalized spacial score (nSPS) is 11.4. The molecule has 0 saturated carbocycles. The highest BCUT2D eigenvalue weighted by Crippen LogP contribution is 2.28. The number of nitrogens with zero attached hydrogens (tertiary/aromatic N) is 2. The van der Waals surface area contributed by atoms with Gasteiger partial charge in [-0.3, -0.25) is 4.79 Å². The molecule has 0 aliphatic carbocycles. The maximum absolute atomic E-state index is 12.4. The first kappa shape index (κ1) is 13.6. The maximum Gasteiger partial charge on any atom is 0.261 e. The number of para-hydroxylation sites is 2. The Labute approximate surface area is 132 Å². The molecule has 4 aromatic rings. The number of nitrogen functional groups attached to an aromatic ring is 1. The van der Waals surface area contributed by atoms with Crippen molar-refractivity contribution in [2.24, 2.45) is 0 Å². The number of rotatable bonds is 1. The molecule has 0 atom stereocenters. The number of nitrogens with one attached hydrogen (secondary N) is 1. The van der Waals surface area contributed by atoms with Gasteiger partial charge in [-0.05, 0) is 31.0 Å². The number of hydrogen-bond acceptors (Lipinski definition) is 3. The number of benzene rings is 2. The van der Waals surface area contributed by atoms with Crippen LogP contribution in [-0.4, -0.2) is 14.8 Å². The van der Waals surface area contributed by atoms with Crippen molar-refractivity contribution in [2.75, 3.05) is 5.73 Å². The third-order valence-corrected chi connectivity index (χ3v) is 4.23. The van der Waals surface area contributed by atoms with E-state index in [4.69, 9.17) is 5.73 Å². The molecule has 5 nitrogen and oxygen atoms in total. The lowest BCUT2D eigenvalue weighted by Gasteiger charge is -2.10. The van der Waals surface area contributed by atoms with Crippen LogP contribution in [0.15, 0.2) is 47.3 Å². The van der Waals surface area contributed by atoms with Crippen LogP contribution in [0.3, 0.4) is 0 Å². The molecule has 5 heteroatoms. The van der Waals surface area contributed by atoms with Crippen molar-refractivity contribution in [3.05, 3.63) is 63.9 Å². The number of aromatic amines is 1.